The van der Waals surface area contributed by atoms with Crippen LogP contribution in [0.4, 0.5) is 5.69 Å². The molecule has 2 rings (SSSR count). The molecule has 1 aromatic rings. The lowest BCUT2D eigenvalue weighted by molar-refractivity contribution is 0.344. The highest BCUT2D eigenvalue weighted by Gasteiger charge is 2.18. The lowest BCUT2D eigenvalue weighted by Gasteiger charge is -2.27. The second-order valence-corrected chi connectivity index (χ2v) is 5.02. The van der Waals surface area contributed by atoms with E-state index in [1.807, 2.05) is 11.0 Å². The summed E-state index contributed by atoms with van der Waals surface area (Å²) in [6.07, 6.45) is 3.31. The van der Waals surface area contributed by atoms with Crippen molar-refractivity contribution in [3.05, 3.63) is 29.3 Å². The van der Waals surface area contributed by atoms with E-state index in [4.69, 9.17) is 22.3 Å². The van der Waals surface area contributed by atoms with Gasteiger partial charge in [0, 0.05) is 18.1 Å². The number of hydrogen-bond acceptors (Lipinski definition) is 4. The van der Waals surface area contributed by atoms with Crippen molar-refractivity contribution in [2.75, 3.05) is 18.5 Å². The van der Waals surface area contributed by atoms with Crippen LogP contribution >= 0.6 is 11.6 Å². The zero-order valence-electron chi connectivity index (χ0n) is 11.1. The van der Waals surface area contributed by atoms with Crippen molar-refractivity contribution in [1.82, 2.24) is 4.90 Å². The summed E-state index contributed by atoms with van der Waals surface area (Å²) in [6.45, 7) is 1.64. The number of hydrogen-bond donors (Lipinski definition) is 2. The maximum Gasteiger partial charge on any atom is 0.202 e. The van der Waals surface area contributed by atoms with Crippen LogP contribution in [0.5, 0.6) is 0 Å². The predicted octanol–water partition coefficient (Wildman–Crippen LogP) is 3.09. The van der Waals surface area contributed by atoms with Gasteiger partial charge in [-0.15, -0.1) is 0 Å². The number of anilines is 1. The standard InChI is InChI=1S/C14H16ClN5/c15-11-4-6-12(7-5-11)18-19-13(10-16)14(17)20-8-2-1-3-9-20/h4-7,17-18H,1-3,8-9H2/b17-14?,19-13-. The van der Waals surface area contributed by atoms with Crippen LogP contribution in [0.15, 0.2) is 29.4 Å². The molecule has 0 atom stereocenters. The first-order chi connectivity index (χ1) is 9.70. The average molecular weight is 290 g/mol. The molecule has 0 amide bonds. The third kappa shape index (κ3) is 3.72. The molecule has 1 aromatic carbocycles. The molecule has 1 fully saturated rings. The molecule has 20 heavy (non-hydrogen) atoms. The van der Waals surface area contributed by atoms with Crippen molar-refractivity contribution >= 4 is 28.8 Å². The summed E-state index contributed by atoms with van der Waals surface area (Å²) in [7, 11) is 0. The number of nitrogens with zero attached hydrogens (tertiary/aromatic N) is 3. The number of hydrazone groups is 1. The van der Waals surface area contributed by atoms with E-state index in [-0.39, 0.29) is 11.5 Å². The molecule has 0 spiro atoms. The fraction of sp³-hybridized carbons (Fsp3) is 0.357. The van der Waals surface area contributed by atoms with Crippen molar-refractivity contribution in [3.8, 4) is 6.07 Å². The SMILES string of the molecule is N#C/C(=N/Nc1ccc(Cl)cc1)C(=N)N1CCCCC1. The van der Waals surface area contributed by atoms with Crippen molar-refractivity contribution in [2.45, 2.75) is 19.3 Å². The number of piperidine rings is 1. The van der Waals surface area contributed by atoms with Gasteiger partial charge in [0.2, 0.25) is 5.71 Å². The predicted molar refractivity (Wildman–Crippen MR) is 81.3 cm³/mol. The van der Waals surface area contributed by atoms with E-state index in [1.54, 1.807) is 24.3 Å². The highest BCUT2D eigenvalue weighted by Crippen LogP contribution is 2.13. The number of halogens is 1. The summed E-state index contributed by atoms with van der Waals surface area (Å²) < 4.78 is 0. The van der Waals surface area contributed by atoms with Crippen LogP contribution in [0.25, 0.3) is 0 Å². The molecule has 0 unspecified atom stereocenters. The van der Waals surface area contributed by atoms with Gasteiger partial charge in [0.1, 0.15) is 6.07 Å². The molecular weight excluding hydrogens is 274 g/mol. The highest BCUT2D eigenvalue weighted by molar-refractivity contribution is 6.46. The largest absolute Gasteiger partial charge is 0.355 e. The Kier molecular flexibility index (Phi) is 4.97. The number of amidine groups is 1. The summed E-state index contributed by atoms with van der Waals surface area (Å²) in [5.41, 5.74) is 3.61. The second kappa shape index (κ2) is 6.92. The molecule has 104 valence electrons. The maximum atomic E-state index is 9.14. The van der Waals surface area contributed by atoms with Crippen molar-refractivity contribution in [2.24, 2.45) is 5.10 Å². The molecule has 0 aliphatic carbocycles. The Labute approximate surface area is 123 Å². The summed E-state index contributed by atoms with van der Waals surface area (Å²) in [5, 5.41) is 21.8. The second-order valence-electron chi connectivity index (χ2n) is 4.59. The number of likely N-dealkylation sites (tertiary alicyclic amines) is 1. The van der Waals surface area contributed by atoms with Crippen molar-refractivity contribution < 1.29 is 0 Å². The Morgan fingerprint density at radius 3 is 2.50 bits per heavy atom. The van der Waals surface area contributed by atoms with Crippen LogP contribution in [-0.4, -0.2) is 29.5 Å². The van der Waals surface area contributed by atoms with Crippen LogP contribution in [0.2, 0.25) is 5.02 Å². The smallest absolute Gasteiger partial charge is 0.202 e. The Morgan fingerprint density at radius 1 is 1.25 bits per heavy atom. The van der Waals surface area contributed by atoms with Gasteiger partial charge in [-0.2, -0.15) is 10.4 Å². The van der Waals surface area contributed by atoms with E-state index in [0.717, 1.165) is 31.6 Å². The number of nitriles is 1. The quantitative estimate of drug-likeness (QED) is 0.510. The molecule has 5 nitrogen and oxygen atoms in total. The van der Waals surface area contributed by atoms with E-state index < -0.39 is 0 Å². The van der Waals surface area contributed by atoms with E-state index in [2.05, 4.69) is 10.5 Å². The maximum absolute atomic E-state index is 9.14. The Morgan fingerprint density at radius 2 is 1.90 bits per heavy atom. The Hall–Kier alpha value is -2.06. The van der Waals surface area contributed by atoms with Gasteiger partial charge in [-0.25, -0.2) is 0 Å². The van der Waals surface area contributed by atoms with Gasteiger partial charge in [0.25, 0.3) is 0 Å². The molecule has 0 saturated carbocycles. The van der Waals surface area contributed by atoms with Gasteiger partial charge in [-0.05, 0) is 43.5 Å². The van der Waals surface area contributed by atoms with Crippen LogP contribution in [0.3, 0.4) is 0 Å². The molecule has 1 saturated heterocycles. The Bertz CT molecular complexity index is 538. The van der Waals surface area contributed by atoms with Crippen LogP contribution < -0.4 is 5.43 Å². The third-order valence-corrected chi connectivity index (χ3v) is 3.40. The first kappa shape index (κ1) is 14.4. The zero-order chi connectivity index (χ0) is 14.4. The lowest BCUT2D eigenvalue weighted by Crippen LogP contribution is -2.39. The zero-order valence-corrected chi connectivity index (χ0v) is 11.8. The van der Waals surface area contributed by atoms with Gasteiger partial charge in [-0.3, -0.25) is 10.8 Å². The van der Waals surface area contributed by atoms with Crippen LogP contribution in [-0.2, 0) is 0 Å². The van der Waals surface area contributed by atoms with Gasteiger partial charge in [0.15, 0.2) is 5.84 Å². The molecule has 0 radical (unpaired) electrons. The Balaban J connectivity index is 2.03. The number of rotatable bonds is 3. The molecule has 0 aromatic heterocycles. The summed E-state index contributed by atoms with van der Waals surface area (Å²) in [4.78, 5) is 1.90. The summed E-state index contributed by atoms with van der Waals surface area (Å²) in [5.74, 6) is 0.189. The molecule has 1 aliphatic rings. The van der Waals surface area contributed by atoms with E-state index in [9.17, 15) is 0 Å². The van der Waals surface area contributed by atoms with E-state index >= 15 is 0 Å². The number of nitrogens with one attached hydrogen (secondary N) is 2. The first-order valence-corrected chi connectivity index (χ1v) is 6.92. The minimum absolute atomic E-state index is 0.0989. The summed E-state index contributed by atoms with van der Waals surface area (Å²) >= 11 is 5.80. The molecule has 2 N–H and O–H groups in total. The van der Waals surface area contributed by atoms with Crippen LogP contribution in [0, 0.1) is 16.7 Å². The summed E-state index contributed by atoms with van der Waals surface area (Å²) in [6, 6.07) is 8.99. The molecule has 0 bridgehead atoms. The third-order valence-electron chi connectivity index (χ3n) is 3.14. The minimum Gasteiger partial charge on any atom is -0.355 e. The highest BCUT2D eigenvalue weighted by atomic mass is 35.5. The average Bonchev–Trinajstić information content (AvgIpc) is 2.50. The minimum atomic E-state index is 0.0989. The fourth-order valence-electron chi connectivity index (χ4n) is 2.04. The van der Waals surface area contributed by atoms with Crippen LogP contribution in [0.1, 0.15) is 19.3 Å². The van der Waals surface area contributed by atoms with Crippen molar-refractivity contribution in [3.63, 3.8) is 0 Å². The van der Waals surface area contributed by atoms with Gasteiger partial charge >= 0.3 is 0 Å². The molecule has 6 heteroatoms. The van der Waals surface area contributed by atoms with Gasteiger partial charge in [-0.1, -0.05) is 11.6 Å². The topological polar surface area (TPSA) is 75.3 Å². The van der Waals surface area contributed by atoms with Crippen molar-refractivity contribution in [1.29, 1.82) is 10.7 Å². The van der Waals surface area contributed by atoms with Gasteiger partial charge < -0.3 is 4.90 Å². The van der Waals surface area contributed by atoms with Gasteiger partial charge in [0.05, 0.1) is 5.69 Å². The molecular formula is C14H16ClN5. The fourth-order valence-corrected chi connectivity index (χ4v) is 2.17. The molecule has 1 aliphatic heterocycles. The normalized spacial score (nSPS) is 15.6. The van der Waals surface area contributed by atoms with E-state index in [1.165, 1.54) is 6.42 Å². The van der Waals surface area contributed by atoms with E-state index in [0.29, 0.717) is 5.02 Å². The lowest BCUT2D eigenvalue weighted by atomic mass is 10.1. The first-order valence-electron chi connectivity index (χ1n) is 6.54. The number of benzene rings is 1. The molecule has 1 heterocycles. The monoisotopic (exact) mass is 289 g/mol.